The minimum Gasteiger partial charge on any atom is -0.481 e. The molecular formula is C14H18N2O4. The van der Waals surface area contributed by atoms with E-state index < -0.39 is 17.9 Å². The van der Waals surface area contributed by atoms with E-state index in [-0.39, 0.29) is 19.1 Å². The summed E-state index contributed by atoms with van der Waals surface area (Å²) in [5.41, 5.74) is 6.67. The first-order chi connectivity index (χ1) is 9.54. The summed E-state index contributed by atoms with van der Waals surface area (Å²) in [6, 6.07) is 6.17. The number of rotatable bonds is 4. The van der Waals surface area contributed by atoms with E-state index >= 15 is 0 Å². The number of anilines is 1. The Bertz CT molecular complexity index is 500. The maximum Gasteiger partial charge on any atom is 0.311 e. The van der Waals surface area contributed by atoms with Crippen molar-refractivity contribution < 1.29 is 19.4 Å². The number of hydrogen-bond donors (Lipinski definition) is 2. The van der Waals surface area contributed by atoms with Crippen LogP contribution in [0.15, 0.2) is 24.3 Å². The lowest BCUT2D eigenvalue weighted by Crippen LogP contribution is -2.46. The predicted molar refractivity (Wildman–Crippen MR) is 73.3 cm³/mol. The Hall–Kier alpha value is -2.08. The molecule has 0 bridgehead atoms. The van der Waals surface area contributed by atoms with Gasteiger partial charge in [0.25, 0.3) is 5.91 Å². The summed E-state index contributed by atoms with van der Waals surface area (Å²) < 4.78 is 5.22. The van der Waals surface area contributed by atoms with Gasteiger partial charge < -0.3 is 20.5 Å². The molecular weight excluding hydrogens is 260 g/mol. The number of carbonyl (C=O) groups is 2. The number of hydrogen-bond acceptors (Lipinski definition) is 4. The molecule has 0 aliphatic carbocycles. The number of nitrogens with two attached hydrogens (primary N) is 1. The number of ether oxygens (including phenoxy) is 1. The minimum atomic E-state index is -0.934. The zero-order chi connectivity index (χ0) is 14.7. The first-order valence-corrected chi connectivity index (χ1v) is 6.51. The monoisotopic (exact) mass is 278 g/mol. The summed E-state index contributed by atoms with van der Waals surface area (Å²) in [4.78, 5) is 25.2. The number of likely N-dealkylation sites (N-methyl/N-ethyl adjacent to an activating group) is 1. The topological polar surface area (TPSA) is 92.9 Å². The fourth-order valence-electron chi connectivity index (χ4n) is 2.41. The van der Waals surface area contributed by atoms with Gasteiger partial charge in [0.05, 0.1) is 19.3 Å². The molecule has 2 unspecified atom stereocenters. The maximum atomic E-state index is 12.5. The maximum absolute atomic E-state index is 12.5. The molecule has 2 atom stereocenters. The van der Waals surface area contributed by atoms with Crippen molar-refractivity contribution in [1.29, 1.82) is 0 Å². The van der Waals surface area contributed by atoms with Gasteiger partial charge in [0.15, 0.2) is 0 Å². The summed E-state index contributed by atoms with van der Waals surface area (Å²) in [5, 5.41) is 9.18. The van der Waals surface area contributed by atoms with E-state index in [1.165, 1.54) is 0 Å². The Kier molecular flexibility index (Phi) is 4.24. The van der Waals surface area contributed by atoms with Gasteiger partial charge in [0.1, 0.15) is 5.92 Å². The lowest BCUT2D eigenvalue weighted by molar-refractivity contribution is -0.142. The van der Waals surface area contributed by atoms with Gasteiger partial charge >= 0.3 is 5.97 Å². The predicted octanol–water partition coefficient (Wildman–Crippen LogP) is 0.831. The summed E-state index contributed by atoms with van der Waals surface area (Å²) in [6.45, 7) is 2.66. The first kappa shape index (κ1) is 14.3. The Morgan fingerprint density at radius 2 is 2.00 bits per heavy atom. The Morgan fingerprint density at radius 3 is 2.55 bits per heavy atom. The Morgan fingerprint density at radius 1 is 1.35 bits per heavy atom. The van der Waals surface area contributed by atoms with Crippen LogP contribution in [0.2, 0.25) is 0 Å². The molecule has 1 saturated heterocycles. The second-order valence-corrected chi connectivity index (χ2v) is 4.76. The molecule has 0 radical (unpaired) electrons. The summed E-state index contributed by atoms with van der Waals surface area (Å²) in [7, 11) is 0. The molecule has 1 heterocycles. The van der Waals surface area contributed by atoms with Gasteiger partial charge in [-0.3, -0.25) is 9.59 Å². The van der Waals surface area contributed by atoms with Gasteiger partial charge in [-0.25, -0.2) is 0 Å². The van der Waals surface area contributed by atoms with Crippen molar-refractivity contribution in [2.45, 2.75) is 13.0 Å². The van der Waals surface area contributed by atoms with Crippen molar-refractivity contribution in [1.82, 2.24) is 4.90 Å². The van der Waals surface area contributed by atoms with Crippen LogP contribution in [0.25, 0.3) is 0 Å². The van der Waals surface area contributed by atoms with Crippen molar-refractivity contribution in [3.05, 3.63) is 29.8 Å². The molecule has 108 valence electrons. The molecule has 2 rings (SSSR count). The zero-order valence-electron chi connectivity index (χ0n) is 11.3. The number of carboxylic acids is 1. The first-order valence-electron chi connectivity index (χ1n) is 6.51. The Balaban J connectivity index is 2.21. The third-order valence-electron chi connectivity index (χ3n) is 3.53. The summed E-state index contributed by atoms with van der Waals surface area (Å²) in [6.07, 6.45) is 0. The number of nitrogens with zero attached hydrogens (tertiary/aromatic N) is 1. The van der Waals surface area contributed by atoms with Crippen LogP contribution in [0.5, 0.6) is 0 Å². The largest absolute Gasteiger partial charge is 0.481 e. The second kappa shape index (κ2) is 5.92. The van der Waals surface area contributed by atoms with Gasteiger partial charge in [-0.2, -0.15) is 0 Å². The quantitative estimate of drug-likeness (QED) is 0.796. The number of carboxylic acid groups (broad SMARTS) is 1. The van der Waals surface area contributed by atoms with Crippen LogP contribution < -0.4 is 5.73 Å². The molecule has 1 fully saturated rings. The van der Waals surface area contributed by atoms with Crippen molar-refractivity contribution >= 4 is 17.6 Å². The second-order valence-electron chi connectivity index (χ2n) is 4.76. The van der Waals surface area contributed by atoms with Crippen LogP contribution in [-0.2, 0) is 9.53 Å². The number of amides is 1. The van der Waals surface area contributed by atoms with Crippen LogP contribution in [0.1, 0.15) is 17.3 Å². The highest BCUT2D eigenvalue weighted by Gasteiger charge is 2.39. The fourth-order valence-corrected chi connectivity index (χ4v) is 2.41. The van der Waals surface area contributed by atoms with E-state index in [1.807, 2.05) is 6.92 Å². The van der Waals surface area contributed by atoms with Crippen molar-refractivity contribution in [2.24, 2.45) is 5.92 Å². The van der Waals surface area contributed by atoms with Crippen molar-refractivity contribution in [3.8, 4) is 0 Å². The smallest absolute Gasteiger partial charge is 0.311 e. The van der Waals surface area contributed by atoms with Crippen molar-refractivity contribution in [3.63, 3.8) is 0 Å². The normalized spacial score (nSPS) is 21.6. The standard InChI is InChI=1S/C14H18N2O4/c1-2-16(12-8-20-7-11(12)14(18)19)13(17)9-3-5-10(15)6-4-9/h3-6,11-12H,2,7-8,15H2,1H3,(H,18,19). The average Bonchev–Trinajstić information content (AvgIpc) is 2.89. The molecule has 6 nitrogen and oxygen atoms in total. The Labute approximate surface area is 117 Å². The summed E-state index contributed by atoms with van der Waals surface area (Å²) >= 11 is 0. The molecule has 3 N–H and O–H groups in total. The third-order valence-corrected chi connectivity index (χ3v) is 3.53. The third kappa shape index (κ3) is 2.75. The van der Waals surface area contributed by atoms with E-state index in [1.54, 1.807) is 29.2 Å². The van der Waals surface area contributed by atoms with Gasteiger partial charge in [0, 0.05) is 17.8 Å². The molecule has 0 aromatic heterocycles. The molecule has 1 amide bonds. The number of aliphatic carboxylic acids is 1. The molecule has 0 spiro atoms. The van der Waals surface area contributed by atoms with E-state index in [0.29, 0.717) is 17.8 Å². The minimum absolute atomic E-state index is 0.144. The highest BCUT2D eigenvalue weighted by atomic mass is 16.5. The zero-order valence-corrected chi connectivity index (χ0v) is 11.3. The van der Waals surface area contributed by atoms with E-state index in [2.05, 4.69) is 0 Å². The summed E-state index contributed by atoms with van der Waals surface area (Å²) in [5.74, 6) is -1.81. The van der Waals surface area contributed by atoms with Gasteiger partial charge in [-0.15, -0.1) is 0 Å². The molecule has 1 aliphatic heterocycles. The van der Waals surface area contributed by atoms with Crippen LogP contribution in [0.4, 0.5) is 5.69 Å². The van der Waals surface area contributed by atoms with Crippen LogP contribution in [0, 0.1) is 5.92 Å². The molecule has 6 heteroatoms. The van der Waals surface area contributed by atoms with Gasteiger partial charge in [-0.05, 0) is 31.2 Å². The number of nitrogen functional groups attached to an aromatic ring is 1. The molecule has 20 heavy (non-hydrogen) atoms. The van der Waals surface area contributed by atoms with Gasteiger partial charge in [-0.1, -0.05) is 0 Å². The molecule has 1 aromatic carbocycles. The SMILES string of the molecule is CCN(C(=O)c1ccc(N)cc1)C1COCC1C(=O)O. The van der Waals surface area contributed by atoms with Crippen LogP contribution >= 0.6 is 0 Å². The average molecular weight is 278 g/mol. The lowest BCUT2D eigenvalue weighted by atomic mass is 10.0. The van der Waals surface area contributed by atoms with Crippen molar-refractivity contribution in [2.75, 3.05) is 25.5 Å². The molecule has 1 aromatic rings. The van der Waals surface area contributed by atoms with E-state index in [4.69, 9.17) is 10.5 Å². The number of carbonyl (C=O) groups excluding carboxylic acids is 1. The number of benzene rings is 1. The van der Waals surface area contributed by atoms with Crippen LogP contribution in [0.3, 0.4) is 0 Å². The van der Waals surface area contributed by atoms with Crippen LogP contribution in [-0.4, -0.2) is 47.7 Å². The molecule has 1 aliphatic rings. The fraction of sp³-hybridized carbons (Fsp3) is 0.429. The lowest BCUT2D eigenvalue weighted by Gasteiger charge is -2.29. The van der Waals surface area contributed by atoms with E-state index in [9.17, 15) is 14.7 Å². The van der Waals surface area contributed by atoms with E-state index in [0.717, 1.165) is 0 Å². The van der Waals surface area contributed by atoms with Gasteiger partial charge in [0.2, 0.25) is 0 Å². The highest BCUT2D eigenvalue weighted by molar-refractivity contribution is 5.95. The highest BCUT2D eigenvalue weighted by Crippen LogP contribution is 2.22. The molecule has 0 saturated carbocycles.